The molecule has 3 heterocycles. The molecule has 3 aromatic carbocycles. The molecule has 0 aromatic heterocycles. The van der Waals surface area contributed by atoms with Crippen molar-refractivity contribution in [2.45, 2.75) is 95.3 Å². The maximum Gasteiger partial charge on any atom is 0.338 e. The molecule has 0 amide bonds. The van der Waals surface area contributed by atoms with Crippen LogP contribution >= 0.6 is 0 Å². The van der Waals surface area contributed by atoms with Gasteiger partial charge in [-0.15, -0.1) is 0 Å². The predicted octanol–water partition coefficient (Wildman–Crippen LogP) is 3.22. The first kappa shape index (κ1) is 43.4. The average molecular weight is 832 g/mol. The Bertz CT molecular complexity index is 2010. The van der Waals surface area contributed by atoms with Crippen LogP contribution in [0.5, 0.6) is 0 Å². The lowest BCUT2D eigenvalue weighted by atomic mass is 9.91. The molecule has 17 heteroatoms. The smallest absolute Gasteiger partial charge is 0.338 e. The molecule has 0 bridgehead atoms. The van der Waals surface area contributed by atoms with Gasteiger partial charge in [0.2, 0.25) is 0 Å². The number of carbonyl (C=O) groups is 7. The zero-order valence-corrected chi connectivity index (χ0v) is 33.2. The van der Waals surface area contributed by atoms with Crippen LogP contribution in [-0.2, 0) is 61.8 Å². The van der Waals surface area contributed by atoms with Crippen LogP contribution in [0.2, 0.25) is 0 Å². The Morgan fingerprint density at radius 3 is 1.50 bits per heavy atom. The van der Waals surface area contributed by atoms with E-state index < -0.39 is 110 Å². The first-order valence-electron chi connectivity index (χ1n) is 19.3. The second-order valence-electron chi connectivity index (χ2n) is 14.3. The van der Waals surface area contributed by atoms with Crippen LogP contribution in [0.15, 0.2) is 91.0 Å². The zero-order valence-electron chi connectivity index (χ0n) is 33.2. The molecular weight excluding hydrogens is 786 g/mol. The summed E-state index contributed by atoms with van der Waals surface area (Å²) in [6, 6.07) is 23.6. The second-order valence-corrected chi connectivity index (χ2v) is 14.3. The van der Waals surface area contributed by atoms with Gasteiger partial charge in [-0.05, 0) is 42.8 Å². The van der Waals surface area contributed by atoms with E-state index in [0.29, 0.717) is 6.54 Å². The van der Waals surface area contributed by atoms with Crippen LogP contribution in [0.25, 0.3) is 0 Å². The number of hydrogen-bond donors (Lipinski definition) is 0. The van der Waals surface area contributed by atoms with E-state index in [9.17, 15) is 33.6 Å². The molecule has 6 rings (SSSR count). The van der Waals surface area contributed by atoms with Gasteiger partial charge in [0.1, 0.15) is 31.0 Å². The summed E-state index contributed by atoms with van der Waals surface area (Å²) in [5, 5.41) is 0. The van der Waals surface area contributed by atoms with E-state index in [2.05, 4.69) is 0 Å². The fraction of sp³-hybridized carbons (Fsp3) is 0.419. The second kappa shape index (κ2) is 19.7. The van der Waals surface area contributed by atoms with E-state index in [1.54, 1.807) is 78.9 Å². The van der Waals surface area contributed by atoms with Crippen LogP contribution in [-0.4, -0.2) is 128 Å². The van der Waals surface area contributed by atoms with Crippen molar-refractivity contribution in [3.8, 4) is 0 Å². The highest BCUT2D eigenvalue weighted by molar-refractivity contribution is 5.90. The van der Waals surface area contributed by atoms with Gasteiger partial charge >= 0.3 is 41.8 Å². The maximum absolute atomic E-state index is 14.0. The minimum atomic E-state index is -1.76. The molecule has 0 radical (unpaired) electrons. The van der Waals surface area contributed by atoms with Crippen molar-refractivity contribution < 1.29 is 76.2 Å². The minimum absolute atomic E-state index is 0.0298. The quantitative estimate of drug-likeness (QED) is 0.179. The van der Waals surface area contributed by atoms with E-state index >= 15 is 0 Å². The molecule has 318 valence electrons. The molecule has 60 heavy (non-hydrogen) atoms. The molecule has 0 spiro atoms. The summed E-state index contributed by atoms with van der Waals surface area (Å²) in [5.74, 6) is -5.50. The zero-order chi connectivity index (χ0) is 42.9. The fourth-order valence-corrected chi connectivity index (χ4v) is 7.53. The van der Waals surface area contributed by atoms with Crippen molar-refractivity contribution in [2.24, 2.45) is 0 Å². The van der Waals surface area contributed by atoms with E-state index in [0.717, 1.165) is 27.7 Å². The predicted molar refractivity (Wildman–Crippen MR) is 204 cm³/mol. The molecule has 3 aliphatic rings. The molecule has 0 N–H and O–H groups in total. The van der Waals surface area contributed by atoms with Gasteiger partial charge in [-0.3, -0.25) is 24.1 Å². The lowest BCUT2D eigenvalue weighted by Crippen LogP contribution is -2.68. The Labute approximate surface area is 345 Å². The largest absolute Gasteiger partial charge is 0.463 e. The molecule has 3 saturated heterocycles. The third-order valence-electron chi connectivity index (χ3n) is 9.97. The Morgan fingerprint density at radius 2 is 1.00 bits per heavy atom. The van der Waals surface area contributed by atoms with Crippen molar-refractivity contribution >= 4 is 41.8 Å². The Kier molecular flexibility index (Phi) is 14.3. The summed E-state index contributed by atoms with van der Waals surface area (Å²) in [7, 11) is 0. The molecule has 3 aromatic rings. The van der Waals surface area contributed by atoms with Gasteiger partial charge in [0.15, 0.2) is 30.7 Å². The summed E-state index contributed by atoms with van der Waals surface area (Å²) < 4.78 is 53.5. The van der Waals surface area contributed by atoms with Crippen molar-refractivity contribution in [1.29, 1.82) is 0 Å². The van der Waals surface area contributed by atoms with Crippen molar-refractivity contribution in [1.82, 2.24) is 4.90 Å². The van der Waals surface area contributed by atoms with E-state index in [-0.39, 0.29) is 29.7 Å². The third kappa shape index (κ3) is 10.7. The number of ether oxygens (including phenoxy) is 9. The summed E-state index contributed by atoms with van der Waals surface area (Å²) in [5.41, 5.74) is 0.637. The number of hydrogen-bond acceptors (Lipinski definition) is 17. The van der Waals surface area contributed by atoms with Crippen molar-refractivity contribution in [3.05, 3.63) is 108 Å². The Hall–Kier alpha value is -6.17. The number of benzene rings is 3. The van der Waals surface area contributed by atoms with Crippen LogP contribution in [0.4, 0.5) is 0 Å². The number of fused-ring (bicyclic) bond motifs is 1. The number of carbonyl (C=O) groups excluding carboxylic acids is 7. The maximum atomic E-state index is 14.0. The molecule has 10 atom stereocenters. The standard InChI is InChI=1S/C43H45NO16/c1-24(45)52-23-33-36(53-25(2)46)38(54-26(3)47)39(55-27(4)48)43(58-33)60-35-32(57-41(50)29-16-10-6-11-17-29)22-44-21-20-31(56-40(49)28-14-8-5-9-15-28)34(44)37(35)59-42(51)30-18-12-7-13-19-30/h5-19,31-39,43H,20-23H2,1-4H3/t31-,32-,33+,34+,35+,36+,37+,38-,39+,43-/m0/s1. The van der Waals surface area contributed by atoms with Crippen LogP contribution < -0.4 is 0 Å². The highest BCUT2D eigenvalue weighted by atomic mass is 16.7. The van der Waals surface area contributed by atoms with Gasteiger partial charge in [-0.1, -0.05) is 54.6 Å². The van der Waals surface area contributed by atoms with Gasteiger partial charge < -0.3 is 42.6 Å². The first-order chi connectivity index (χ1) is 28.8. The van der Waals surface area contributed by atoms with E-state index in [1.807, 2.05) is 4.90 Å². The molecule has 0 unspecified atom stereocenters. The minimum Gasteiger partial charge on any atom is -0.463 e. The molecule has 3 aliphatic heterocycles. The van der Waals surface area contributed by atoms with Gasteiger partial charge in [-0.25, -0.2) is 14.4 Å². The number of nitrogens with zero attached hydrogens (tertiary/aromatic N) is 1. The molecule has 0 saturated carbocycles. The monoisotopic (exact) mass is 831 g/mol. The van der Waals surface area contributed by atoms with Crippen LogP contribution in [0.3, 0.4) is 0 Å². The van der Waals surface area contributed by atoms with Gasteiger partial charge in [-0.2, -0.15) is 0 Å². The highest BCUT2D eigenvalue weighted by Crippen LogP contribution is 2.38. The van der Waals surface area contributed by atoms with Gasteiger partial charge in [0.25, 0.3) is 0 Å². The van der Waals surface area contributed by atoms with Gasteiger partial charge in [0, 0.05) is 40.8 Å². The number of piperidine rings is 1. The van der Waals surface area contributed by atoms with E-state index in [4.69, 9.17) is 42.6 Å². The highest BCUT2D eigenvalue weighted by Gasteiger charge is 2.59. The summed E-state index contributed by atoms with van der Waals surface area (Å²) in [4.78, 5) is 92.8. The molecule has 3 fully saturated rings. The van der Waals surface area contributed by atoms with Crippen LogP contribution in [0.1, 0.15) is 65.2 Å². The van der Waals surface area contributed by atoms with Crippen molar-refractivity contribution in [3.63, 3.8) is 0 Å². The number of rotatable bonds is 13. The summed E-state index contributed by atoms with van der Waals surface area (Å²) >= 11 is 0. The van der Waals surface area contributed by atoms with Crippen LogP contribution in [0, 0.1) is 0 Å². The summed E-state index contributed by atoms with van der Waals surface area (Å²) in [6.07, 6.45) is -12.7. The Morgan fingerprint density at radius 1 is 0.533 bits per heavy atom. The van der Waals surface area contributed by atoms with E-state index in [1.165, 1.54) is 12.1 Å². The fourth-order valence-electron chi connectivity index (χ4n) is 7.53. The SMILES string of the molecule is CC(=O)OC[C@H]1O[C@@H](O[C@H]2[C@H](OC(=O)c3ccccc3)[C@H]3[C@@H](OC(=O)c4ccccc4)CCN3C[C@@H]2OC(=O)c2ccccc2)[C@H](OC(C)=O)[C@@H](OC(C)=O)[C@@H]1OC(C)=O. The normalized spacial score (nSPS) is 27.3. The Balaban J connectivity index is 1.45. The lowest BCUT2D eigenvalue weighted by molar-refractivity contribution is -0.332. The third-order valence-corrected chi connectivity index (χ3v) is 9.97. The topological polar surface area (TPSA) is 206 Å². The molecule has 0 aliphatic carbocycles. The average Bonchev–Trinajstić information content (AvgIpc) is 3.62. The number of esters is 7. The molecular formula is C43H45NO16. The lowest BCUT2D eigenvalue weighted by Gasteiger charge is -2.49. The van der Waals surface area contributed by atoms with Gasteiger partial charge in [0.05, 0.1) is 22.7 Å². The first-order valence-corrected chi connectivity index (χ1v) is 19.3. The molecule has 17 nitrogen and oxygen atoms in total. The van der Waals surface area contributed by atoms with Crippen molar-refractivity contribution in [2.75, 3.05) is 19.7 Å². The summed E-state index contributed by atoms with van der Waals surface area (Å²) in [6.45, 7) is 4.12.